The summed E-state index contributed by atoms with van der Waals surface area (Å²) in [5, 5.41) is 7.73. The van der Waals surface area contributed by atoms with Crippen LogP contribution >= 0.6 is 0 Å². The Balaban J connectivity index is 2.07. The van der Waals surface area contributed by atoms with Gasteiger partial charge in [0.25, 0.3) is 0 Å². The summed E-state index contributed by atoms with van der Waals surface area (Å²) in [5.74, 6) is -0.288. The normalized spacial score (nSPS) is 17.6. The van der Waals surface area contributed by atoms with Crippen molar-refractivity contribution < 1.29 is 9.53 Å². The lowest BCUT2D eigenvalue weighted by molar-refractivity contribution is 0.0524. The topological polar surface area (TPSA) is 56.1 Å². The first-order valence-corrected chi connectivity index (χ1v) is 6.99. The molecule has 0 atom stereocenters. The Bertz CT molecular complexity index is 448. The molecule has 5 heteroatoms. The minimum atomic E-state index is -0.288. The number of carbonyl (C=O) groups excluding carboxylic acids is 1. The quantitative estimate of drug-likeness (QED) is 0.828. The van der Waals surface area contributed by atoms with Gasteiger partial charge in [0.15, 0.2) is 0 Å². The van der Waals surface area contributed by atoms with Crippen molar-refractivity contribution in [3.63, 3.8) is 0 Å². The van der Waals surface area contributed by atoms with Crippen molar-refractivity contribution in [1.82, 2.24) is 15.1 Å². The van der Waals surface area contributed by atoms with Crippen LogP contribution in [0, 0.1) is 0 Å². The molecule has 0 radical (unpaired) electrons. The van der Waals surface area contributed by atoms with Crippen molar-refractivity contribution in [2.45, 2.75) is 51.6 Å². The second-order valence-electron chi connectivity index (χ2n) is 5.47. The lowest BCUT2D eigenvalue weighted by Gasteiger charge is -2.25. The van der Waals surface area contributed by atoms with Gasteiger partial charge in [-0.2, -0.15) is 5.10 Å². The fraction of sp³-hybridized carbons (Fsp3) is 0.714. The maximum atomic E-state index is 11.9. The summed E-state index contributed by atoms with van der Waals surface area (Å²) in [7, 11) is 1.86. The van der Waals surface area contributed by atoms with E-state index in [1.807, 2.05) is 14.0 Å². The fourth-order valence-corrected chi connectivity index (χ4v) is 2.68. The molecular formula is C14H23N3O2. The number of carbonyl (C=O) groups is 1. The van der Waals surface area contributed by atoms with Gasteiger partial charge in [0.2, 0.25) is 0 Å². The highest BCUT2D eigenvalue weighted by molar-refractivity contribution is 5.90. The minimum Gasteiger partial charge on any atom is -0.462 e. The Hall–Kier alpha value is -1.36. The van der Waals surface area contributed by atoms with Crippen LogP contribution in [-0.4, -0.2) is 27.9 Å². The second-order valence-corrected chi connectivity index (χ2v) is 5.47. The Morgan fingerprint density at radius 1 is 1.53 bits per heavy atom. The molecule has 0 aliphatic heterocycles. The van der Waals surface area contributed by atoms with Crippen molar-refractivity contribution in [2.24, 2.45) is 7.05 Å². The number of rotatable bonds is 5. The molecule has 0 amide bonds. The summed E-state index contributed by atoms with van der Waals surface area (Å²) in [6.45, 7) is 5.10. The van der Waals surface area contributed by atoms with E-state index in [0.717, 1.165) is 5.69 Å². The Labute approximate surface area is 114 Å². The molecule has 19 heavy (non-hydrogen) atoms. The van der Waals surface area contributed by atoms with E-state index in [4.69, 9.17) is 4.74 Å². The van der Waals surface area contributed by atoms with Gasteiger partial charge in [0.1, 0.15) is 5.56 Å². The molecule has 0 spiro atoms. The number of aryl methyl sites for hydroxylation is 1. The molecule has 5 nitrogen and oxygen atoms in total. The van der Waals surface area contributed by atoms with E-state index in [-0.39, 0.29) is 11.5 Å². The van der Waals surface area contributed by atoms with Crippen LogP contribution in [0.25, 0.3) is 0 Å². The molecule has 1 aromatic rings. The van der Waals surface area contributed by atoms with Crippen LogP contribution in [0.4, 0.5) is 0 Å². The summed E-state index contributed by atoms with van der Waals surface area (Å²) in [6, 6.07) is 0. The van der Waals surface area contributed by atoms with E-state index in [1.165, 1.54) is 25.7 Å². The van der Waals surface area contributed by atoms with Crippen molar-refractivity contribution in [3.8, 4) is 0 Å². The van der Waals surface area contributed by atoms with Crippen molar-refractivity contribution in [1.29, 1.82) is 0 Å². The molecule has 0 unspecified atom stereocenters. The maximum absolute atomic E-state index is 11.9. The fourth-order valence-electron chi connectivity index (χ4n) is 2.68. The molecule has 1 aliphatic rings. The molecular weight excluding hydrogens is 242 g/mol. The zero-order valence-electron chi connectivity index (χ0n) is 12.0. The summed E-state index contributed by atoms with van der Waals surface area (Å²) >= 11 is 0. The van der Waals surface area contributed by atoms with Gasteiger partial charge in [-0.3, -0.25) is 4.68 Å². The number of hydrogen-bond acceptors (Lipinski definition) is 4. The monoisotopic (exact) mass is 265 g/mol. The lowest BCUT2D eigenvalue weighted by Crippen LogP contribution is -2.39. The van der Waals surface area contributed by atoms with E-state index in [2.05, 4.69) is 17.3 Å². The first kappa shape index (κ1) is 14.1. The van der Waals surface area contributed by atoms with Gasteiger partial charge in [0.05, 0.1) is 18.5 Å². The van der Waals surface area contributed by atoms with Gasteiger partial charge >= 0.3 is 5.97 Å². The van der Waals surface area contributed by atoms with Gasteiger partial charge in [-0.15, -0.1) is 0 Å². The number of aromatic nitrogens is 2. The molecule has 1 saturated carbocycles. The first-order valence-electron chi connectivity index (χ1n) is 6.99. The van der Waals surface area contributed by atoms with E-state index in [0.29, 0.717) is 18.7 Å². The van der Waals surface area contributed by atoms with Gasteiger partial charge in [-0.05, 0) is 26.7 Å². The second kappa shape index (κ2) is 5.74. The third-order valence-corrected chi connectivity index (χ3v) is 3.95. The molecule has 1 fully saturated rings. The lowest BCUT2D eigenvalue weighted by atomic mass is 10.0. The summed E-state index contributed by atoms with van der Waals surface area (Å²) in [5.41, 5.74) is 1.65. The summed E-state index contributed by atoms with van der Waals surface area (Å²) in [6.07, 6.45) is 6.53. The highest BCUT2D eigenvalue weighted by atomic mass is 16.5. The number of nitrogens with one attached hydrogen (secondary N) is 1. The summed E-state index contributed by atoms with van der Waals surface area (Å²) < 4.78 is 6.81. The molecule has 1 aliphatic carbocycles. The number of hydrogen-bond donors (Lipinski definition) is 1. The predicted octanol–water partition coefficient (Wildman–Crippen LogP) is 2.02. The zero-order valence-corrected chi connectivity index (χ0v) is 12.0. The van der Waals surface area contributed by atoms with Crippen molar-refractivity contribution in [2.75, 3.05) is 6.61 Å². The van der Waals surface area contributed by atoms with Crippen LogP contribution in [0.3, 0.4) is 0 Å². The molecule has 1 aromatic heterocycles. The average Bonchev–Trinajstić information content (AvgIpc) is 2.95. The van der Waals surface area contributed by atoms with Crippen LogP contribution < -0.4 is 5.32 Å². The molecule has 106 valence electrons. The van der Waals surface area contributed by atoms with Crippen LogP contribution in [0.1, 0.15) is 55.6 Å². The van der Waals surface area contributed by atoms with Crippen LogP contribution in [-0.2, 0) is 18.3 Å². The van der Waals surface area contributed by atoms with E-state index >= 15 is 0 Å². The SMILES string of the molecule is CCOC(=O)c1cnn(C)c1CNC1(C)CCCC1. The predicted molar refractivity (Wildman–Crippen MR) is 72.9 cm³/mol. The van der Waals surface area contributed by atoms with Crippen LogP contribution in [0.5, 0.6) is 0 Å². The number of nitrogens with zero attached hydrogens (tertiary/aromatic N) is 2. The first-order chi connectivity index (χ1) is 9.06. The molecule has 0 saturated heterocycles. The van der Waals surface area contributed by atoms with Crippen LogP contribution in [0.15, 0.2) is 6.20 Å². The Morgan fingerprint density at radius 2 is 2.21 bits per heavy atom. The smallest absolute Gasteiger partial charge is 0.341 e. The minimum absolute atomic E-state index is 0.191. The molecule has 0 aromatic carbocycles. The third-order valence-electron chi connectivity index (χ3n) is 3.95. The largest absolute Gasteiger partial charge is 0.462 e. The number of ether oxygens (including phenoxy) is 1. The van der Waals surface area contributed by atoms with E-state index in [1.54, 1.807) is 10.9 Å². The van der Waals surface area contributed by atoms with Gasteiger partial charge < -0.3 is 10.1 Å². The molecule has 2 rings (SSSR count). The Morgan fingerprint density at radius 3 is 2.84 bits per heavy atom. The highest BCUT2D eigenvalue weighted by Gasteiger charge is 2.28. The zero-order chi connectivity index (χ0) is 13.9. The average molecular weight is 265 g/mol. The molecule has 1 heterocycles. The van der Waals surface area contributed by atoms with E-state index < -0.39 is 0 Å². The van der Waals surface area contributed by atoms with E-state index in [9.17, 15) is 4.79 Å². The maximum Gasteiger partial charge on any atom is 0.341 e. The highest BCUT2D eigenvalue weighted by Crippen LogP contribution is 2.29. The van der Waals surface area contributed by atoms with Crippen LogP contribution in [0.2, 0.25) is 0 Å². The van der Waals surface area contributed by atoms with Gasteiger partial charge in [0, 0.05) is 19.1 Å². The van der Waals surface area contributed by atoms with Crippen molar-refractivity contribution >= 4 is 5.97 Å². The van der Waals surface area contributed by atoms with Gasteiger partial charge in [-0.1, -0.05) is 12.8 Å². The standard InChI is InChI=1S/C14H23N3O2/c1-4-19-13(18)11-9-16-17(3)12(11)10-15-14(2)7-5-6-8-14/h9,15H,4-8,10H2,1-3H3. The summed E-state index contributed by atoms with van der Waals surface area (Å²) in [4.78, 5) is 11.9. The van der Waals surface area contributed by atoms with Crippen molar-refractivity contribution in [3.05, 3.63) is 17.5 Å². The molecule has 1 N–H and O–H groups in total. The Kier molecular flexibility index (Phi) is 4.24. The van der Waals surface area contributed by atoms with Gasteiger partial charge in [-0.25, -0.2) is 4.79 Å². The third kappa shape index (κ3) is 3.15. The number of esters is 1. The molecule has 0 bridgehead atoms.